The van der Waals surface area contributed by atoms with E-state index in [1.807, 2.05) is 47.3 Å². The monoisotopic (exact) mass is 516 g/mol. The Labute approximate surface area is 204 Å². The van der Waals surface area contributed by atoms with Crippen molar-refractivity contribution in [3.8, 4) is 17.1 Å². The fourth-order valence-corrected chi connectivity index (χ4v) is 4.85. The Balaban J connectivity index is 1.47. The van der Waals surface area contributed by atoms with Crippen molar-refractivity contribution in [2.75, 3.05) is 0 Å². The van der Waals surface area contributed by atoms with E-state index in [1.54, 1.807) is 16.6 Å². The molecule has 0 fully saturated rings. The zero-order chi connectivity index (χ0) is 22.6. The molecule has 0 unspecified atom stereocenters. The third kappa shape index (κ3) is 5.07. The van der Waals surface area contributed by atoms with Crippen LogP contribution in [-0.4, -0.2) is 30.0 Å². The molecule has 0 atom stereocenters. The average Bonchev–Trinajstić information content (AvgIpc) is 3.46. The molecule has 0 aliphatic heterocycles. The summed E-state index contributed by atoms with van der Waals surface area (Å²) in [5, 5.41) is 19.0. The fourth-order valence-electron chi connectivity index (χ4n) is 3.51. The maximum atomic E-state index is 4.67. The van der Waals surface area contributed by atoms with Crippen LogP contribution >= 0.6 is 27.7 Å². The molecule has 2 heterocycles. The Morgan fingerprint density at radius 3 is 2.48 bits per heavy atom. The van der Waals surface area contributed by atoms with Gasteiger partial charge in [-0.2, -0.15) is 9.90 Å². The molecule has 8 heteroatoms. The molecule has 0 aliphatic rings. The summed E-state index contributed by atoms with van der Waals surface area (Å²) in [6.45, 7) is 2.65. The van der Waals surface area contributed by atoms with Crippen molar-refractivity contribution < 1.29 is 0 Å². The van der Waals surface area contributed by atoms with E-state index in [0.29, 0.717) is 12.4 Å². The number of hydrogen-bond donors (Lipinski definition) is 0. The van der Waals surface area contributed by atoms with Crippen molar-refractivity contribution in [1.82, 2.24) is 30.0 Å². The molecule has 0 saturated carbocycles. The number of aromatic nitrogens is 6. The first-order chi connectivity index (χ1) is 16.2. The molecule has 0 radical (unpaired) electrons. The average molecular weight is 517 g/mol. The number of thioether (sulfide) groups is 1. The van der Waals surface area contributed by atoms with Crippen LogP contribution in [0.1, 0.15) is 16.7 Å². The maximum absolute atomic E-state index is 4.67. The van der Waals surface area contributed by atoms with Gasteiger partial charge < -0.3 is 0 Å². The summed E-state index contributed by atoms with van der Waals surface area (Å²) in [4.78, 5) is 1.63. The van der Waals surface area contributed by atoms with Crippen LogP contribution in [0, 0.1) is 6.92 Å². The van der Waals surface area contributed by atoms with E-state index in [4.69, 9.17) is 0 Å². The number of aryl methyl sites for hydroxylation is 1. The van der Waals surface area contributed by atoms with E-state index in [0.717, 1.165) is 32.1 Å². The van der Waals surface area contributed by atoms with E-state index in [1.165, 1.54) is 11.1 Å². The molecule has 2 aromatic heterocycles. The van der Waals surface area contributed by atoms with Gasteiger partial charge in [0, 0.05) is 10.2 Å². The van der Waals surface area contributed by atoms with E-state index < -0.39 is 0 Å². The molecule has 3 aromatic carbocycles. The van der Waals surface area contributed by atoms with Crippen molar-refractivity contribution in [1.29, 1.82) is 0 Å². The summed E-state index contributed by atoms with van der Waals surface area (Å²) < 4.78 is 2.97. The van der Waals surface area contributed by atoms with Crippen molar-refractivity contribution in [2.24, 2.45) is 0 Å². The minimum absolute atomic E-state index is 0.571. The smallest absolute Gasteiger partial charge is 0.209 e. The molecular formula is C25H21BrN6S. The highest BCUT2D eigenvalue weighted by molar-refractivity contribution is 9.10. The van der Waals surface area contributed by atoms with Gasteiger partial charge in [-0.05, 0) is 47.5 Å². The van der Waals surface area contributed by atoms with Crippen LogP contribution in [0.25, 0.3) is 17.1 Å². The van der Waals surface area contributed by atoms with Crippen molar-refractivity contribution >= 4 is 27.7 Å². The zero-order valence-corrected chi connectivity index (χ0v) is 20.4. The topological polar surface area (TPSA) is 61.4 Å². The number of nitrogens with zero attached hydrogens (tertiary/aromatic N) is 6. The second kappa shape index (κ2) is 9.72. The standard InChI is InChI=1S/C25H21BrN6S/c1-18-6-5-9-20(14-18)16-31-29-24(28-30-31)23-15-27-32(22-12-10-21(26)11-13-22)25(23)33-17-19-7-3-2-4-8-19/h2-15H,16-17H2,1H3. The van der Waals surface area contributed by atoms with Gasteiger partial charge in [-0.1, -0.05) is 76.1 Å². The maximum Gasteiger partial charge on any atom is 0.209 e. The summed E-state index contributed by atoms with van der Waals surface area (Å²) in [5.74, 6) is 1.38. The number of tetrazole rings is 1. The van der Waals surface area contributed by atoms with Gasteiger partial charge in [0.1, 0.15) is 5.03 Å². The van der Waals surface area contributed by atoms with Gasteiger partial charge >= 0.3 is 0 Å². The lowest BCUT2D eigenvalue weighted by Gasteiger charge is -2.09. The highest BCUT2D eigenvalue weighted by Crippen LogP contribution is 2.33. The summed E-state index contributed by atoms with van der Waals surface area (Å²) in [7, 11) is 0. The second-order valence-electron chi connectivity index (χ2n) is 7.66. The number of hydrogen-bond acceptors (Lipinski definition) is 5. The first-order valence-electron chi connectivity index (χ1n) is 10.5. The number of rotatable bonds is 7. The first-order valence-corrected chi connectivity index (χ1v) is 12.3. The third-order valence-electron chi connectivity index (χ3n) is 5.11. The van der Waals surface area contributed by atoms with Gasteiger partial charge in [0.25, 0.3) is 0 Å². The molecular weight excluding hydrogens is 496 g/mol. The van der Waals surface area contributed by atoms with E-state index in [9.17, 15) is 0 Å². The molecule has 0 spiro atoms. The largest absolute Gasteiger partial charge is 0.226 e. The molecule has 0 amide bonds. The van der Waals surface area contributed by atoms with Crippen molar-refractivity contribution in [3.63, 3.8) is 0 Å². The Kier molecular flexibility index (Phi) is 6.37. The summed E-state index contributed by atoms with van der Waals surface area (Å²) in [6.07, 6.45) is 1.82. The van der Waals surface area contributed by atoms with Crippen LogP contribution in [0.15, 0.2) is 94.6 Å². The van der Waals surface area contributed by atoms with Crippen LogP contribution in [0.4, 0.5) is 0 Å². The van der Waals surface area contributed by atoms with Gasteiger partial charge in [-0.3, -0.25) is 0 Å². The molecule has 6 nitrogen and oxygen atoms in total. The van der Waals surface area contributed by atoms with Gasteiger partial charge in [-0.25, -0.2) is 4.68 Å². The highest BCUT2D eigenvalue weighted by Gasteiger charge is 2.19. The summed E-state index contributed by atoms with van der Waals surface area (Å²) in [5.41, 5.74) is 5.45. The van der Waals surface area contributed by atoms with Crippen molar-refractivity contribution in [2.45, 2.75) is 24.2 Å². The molecule has 33 heavy (non-hydrogen) atoms. The Bertz CT molecular complexity index is 1360. The molecule has 0 N–H and O–H groups in total. The Morgan fingerprint density at radius 1 is 0.909 bits per heavy atom. The summed E-state index contributed by atoms with van der Waals surface area (Å²) in [6, 6.07) is 26.8. The molecule has 0 bridgehead atoms. The predicted octanol–water partition coefficient (Wildman–Crippen LogP) is 5.94. The van der Waals surface area contributed by atoms with Gasteiger partial charge in [0.05, 0.1) is 24.0 Å². The lowest BCUT2D eigenvalue weighted by Crippen LogP contribution is -2.04. The number of halogens is 1. The van der Waals surface area contributed by atoms with Crippen LogP contribution in [0.2, 0.25) is 0 Å². The molecule has 5 aromatic rings. The van der Waals surface area contributed by atoms with E-state index >= 15 is 0 Å². The lowest BCUT2D eigenvalue weighted by atomic mass is 10.1. The minimum atomic E-state index is 0.571. The predicted molar refractivity (Wildman–Crippen MR) is 134 cm³/mol. The van der Waals surface area contributed by atoms with E-state index in [-0.39, 0.29) is 0 Å². The fraction of sp³-hybridized carbons (Fsp3) is 0.120. The Morgan fingerprint density at radius 2 is 1.70 bits per heavy atom. The van der Waals surface area contributed by atoms with E-state index in [2.05, 4.69) is 85.8 Å². The number of benzene rings is 3. The SMILES string of the molecule is Cc1cccc(Cn2nnc(-c3cnn(-c4ccc(Br)cc4)c3SCc3ccccc3)n2)c1. The first kappa shape index (κ1) is 21.6. The summed E-state index contributed by atoms with van der Waals surface area (Å²) >= 11 is 5.22. The normalized spacial score (nSPS) is 11.1. The second-order valence-corrected chi connectivity index (χ2v) is 9.54. The zero-order valence-electron chi connectivity index (χ0n) is 18.0. The van der Waals surface area contributed by atoms with Gasteiger partial charge in [0.15, 0.2) is 0 Å². The molecule has 0 saturated heterocycles. The van der Waals surface area contributed by atoms with Crippen LogP contribution in [-0.2, 0) is 12.3 Å². The quantitative estimate of drug-likeness (QED) is 0.250. The van der Waals surface area contributed by atoms with Crippen molar-refractivity contribution in [3.05, 3.63) is 106 Å². The molecule has 5 rings (SSSR count). The van der Waals surface area contributed by atoms with Crippen LogP contribution in [0.5, 0.6) is 0 Å². The van der Waals surface area contributed by atoms with Gasteiger partial charge in [0.2, 0.25) is 5.82 Å². The highest BCUT2D eigenvalue weighted by atomic mass is 79.9. The lowest BCUT2D eigenvalue weighted by molar-refractivity contribution is 0.572. The molecule has 0 aliphatic carbocycles. The van der Waals surface area contributed by atoms with Crippen LogP contribution < -0.4 is 0 Å². The third-order valence-corrected chi connectivity index (χ3v) is 6.79. The Hall–Kier alpha value is -3.23. The van der Waals surface area contributed by atoms with Gasteiger partial charge in [-0.15, -0.1) is 22.0 Å². The minimum Gasteiger partial charge on any atom is -0.226 e. The van der Waals surface area contributed by atoms with Crippen LogP contribution in [0.3, 0.4) is 0 Å². The molecule has 164 valence electrons.